The van der Waals surface area contributed by atoms with E-state index in [4.69, 9.17) is 0 Å². The van der Waals surface area contributed by atoms with E-state index in [-0.39, 0.29) is 11.8 Å². The molecule has 1 aliphatic rings. The van der Waals surface area contributed by atoms with Gasteiger partial charge >= 0.3 is 0 Å². The molecule has 1 aromatic heterocycles. The third-order valence-corrected chi connectivity index (χ3v) is 5.59. The molecule has 1 aliphatic heterocycles. The Labute approximate surface area is 158 Å². The largest absolute Gasteiger partial charge is 0.339 e. The van der Waals surface area contributed by atoms with Crippen molar-refractivity contribution in [2.45, 2.75) is 33.1 Å². The van der Waals surface area contributed by atoms with Gasteiger partial charge in [-0.25, -0.2) is 4.98 Å². The molecule has 0 aliphatic carbocycles. The third kappa shape index (κ3) is 4.49. The lowest BCUT2D eigenvalue weighted by Gasteiger charge is -2.34. The minimum atomic E-state index is -0.0301. The predicted molar refractivity (Wildman–Crippen MR) is 103 cm³/mol. The van der Waals surface area contributed by atoms with Crippen LogP contribution in [0.25, 0.3) is 0 Å². The first kappa shape index (κ1) is 18.6. The molecule has 5 nitrogen and oxygen atoms in total. The summed E-state index contributed by atoms with van der Waals surface area (Å²) < 4.78 is 0. The van der Waals surface area contributed by atoms with Crippen molar-refractivity contribution in [3.8, 4) is 0 Å². The second-order valence-corrected chi connectivity index (χ2v) is 7.66. The Morgan fingerprint density at radius 1 is 1.04 bits per heavy atom. The smallest absolute Gasteiger partial charge is 0.273 e. The summed E-state index contributed by atoms with van der Waals surface area (Å²) in [5.41, 5.74) is 3.03. The van der Waals surface area contributed by atoms with Crippen LogP contribution in [0.2, 0.25) is 0 Å². The van der Waals surface area contributed by atoms with Gasteiger partial charge in [0.05, 0.1) is 5.01 Å². The van der Waals surface area contributed by atoms with E-state index in [0.29, 0.717) is 38.3 Å². The number of benzene rings is 1. The van der Waals surface area contributed by atoms with Crippen LogP contribution in [0.5, 0.6) is 0 Å². The molecule has 0 N–H and O–H groups in total. The SMILES string of the molecule is CCc1ccc(CCC(=O)N2CCN(C(=O)c3csc(C)n3)CC2)cc1. The molecule has 2 amide bonds. The number of aromatic nitrogens is 1. The number of thiazole rings is 1. The van der Waals surface area contributed by atoms with Crippen LogP contribution in [0, 0.1) is 6.92 Å². The Hall–Kier alpha value is -2.21. The fraction of sp³-hybridized carbons (Fsp3) is 0.450. The van der Waals surface area contributed by atoms with Crippen molar-refractivity contribution in [3.63, 3.8) is 0 Å². The van der Waals surface area contributed by atoms with Gasteiger partial charge in [0.2, 0.25) is 5.91 Å². The summed E-state index contributed by atoms with van der Waals surface area (Å²) >= 11 is 1.49. The lowest BCUT2D eigenvalue weighted by Crippen LogP contribution is -2.50. The summed E-state index contributed by atoms with van der Waals surface area (Å²) in [6, 6.07) is 8.48. The standard InChI is InChI=1S/C20H25N3O2S/c1-3-16-4-6-17(7-5-16)8-9-19(24)22-10-12-23(13-11-22)20(25)18-14-26-15(2)21-18/h4-7,14H,3,8-13H2,1-2H3. The predicted octanol–water partition coefficient (Wildman–Crippen LogP) is 2.93. The van der Waals surface area contributed by atoms with E-state index in [0.717, 1.165) is 17.8 Å². The first-order chi connectivity index (χ1) is 12.6. The van der Waals surface area contributed by atoms with E-state index in [2.05, 4.69) is 36.2 Å². The quantitative estimate of drug-likeness (QED) is 0.812. The number of rotatable bonds is 5. The number of aryl methyl sites for hydroxylation is 3. The summed E-state index contributed by atoms with van der Waals surface area (Å²) in [5.74, 6) is 0.138. The topological polar surface area (TPSA) is 53.5 Å². The monoisotopic (exact) mass is 371 g/mol. The maximum atomic E-state index is 12.5. The first-order valence-electron chi connectivity index (χ1n) is 9.14. The number of amides is 2. The van der Waals surface area contributed by atoms with Gasteiger partial charge in [-0.3, -0.25) is 9.59 Å². The number of piperazine rings is 1. The van der Waals surface area contributed by atoms with Crippen molar-refractivity contribution in [2.24, 2.45) is 0 Å². The molecule has 138 valence electrons. The zero-order chi connectivity index (χ0) is 18.5. The van der Waals surface area contributed by atoms with Crippen LogP contribution < -0.4 is 0 Å². The lowest BCUT2D eigenvalue weighted by atomic mass is 10.1. The molecule has 0 atom stereocenters. The van der Waals surface area contributed by atoms with E-state index >= 15 is 0 Å². The van der Waals surface area contributed by atoms with Gasteiger partial charge in [-0.1, -0.05) is 31.2 Å². The highest BCUT2D eigenvalue weighted by Crippen LogP contribution is 2.14. The van der Waals surface area contributed by atoms with Crippen molar-refractivity contribution in [3.05, 3.63) is 51.5 Å². The highest BCUT2D eigenvalue weighted by Gasteiger charge is 2.25. The number of hydrogen-bond acceptors (Lipinski definition) is 4. The molecule has 1 saturated heterocycles. The average molecular weight is 372 g/mol. The minimum absolute atomic E-state index is 0.0301. The number of hydrogen-bond donors (Lipinski definition) is 0. The van der Waals surface area contributed by atoms with Gasteiger partial charge in [-0.05, 0) is 30.9 Å². The molecular formula is C20H25N3O2S. The zero-order valence-electron chi connectivity index (χ0n) is 15.4. The van der Waals surface area contributed by atoms with Gasteiger partial charge in [0.25, 0.3) is 5.91 Å². The summed E-state index contributed by atoms with van der Waals surface area (Å²) in [6.45, 7) is 6.38. The van der Waals surface area contributed by atoms with Crippen molar-refractivity contribution in [2.75, 3.05) is 26.2 Å². The lowest BCUT2D eigenvalue weighted by molar-refractivity contribution is -0.132. The van der Waals surface area contributed by atoms with E-state index in [1.165, 1.54) is 22.5 Å². The third-order valence-electron chi connectivity index (χ3n) is 4.82. The van der Waals surface area contributed by atoms with Crippen molar-refractivity contribution < 1.29 is 9.59 Å². The molecule has 2 aromatic rings. The zero-order valence-corrected chi connectivity index (χ0v) is 16.2. The van der Waals surface area contributed by atoms with Crippen LogP contribution in [-0.2, 0) is 17.6 Å². The van der Waals surface area contributed by atoms with Crippen LogP contribution in [0.3, 0.4) is 0 Å². The van der Waals surface area contributed by atoms with Gasteiger partial charge < -0.3 is 9.80 Å². The molecule has 3 rings (SSSR count). The van der Waals surface area contributed by atoms with Crippen molar-refractivity contribution >= 4 is 23.2 Å². The van der Waals surface area contributed by atoms with Gasteiger partial charge in [-0.2, -0.15) is 0 Å². The summed E-state index contributed by atoms with van der Waals surface area (Å²) in [4.78, 5) is 32.8. The fourth-order valence-corrected chi connectivity index (χ4v) is 3.72. The highest BCUT2D eigenvalue weighted by molar-refractivity contribution is 7.09. The molecule has 1 fully saturated rings. The van der Waals surface area contributed by atoms with E-state index < -0.39 is 0 Å². The molecule has 0 unspecified atom stereocenters. The molecule has 0 bridgehead atoms. The molecule has 6 heteroatoms. The molecule has 0 spiro atoms. The Bertz CT molecular complexity index is 762. The van der Waals surface area contributed by atoms with Crippen molar-refractivity contribution in [1.29, 1.82) is 0 Å². The summed E-state index contributed by atoms with van der Waals surface area (Å²) in [6.07, 6.45) is 2.31. The second kappa shape index (κ2) is 8.45. The Kier molecular flexibility index (Phi) is 6.04. The van der Waals surface area contributed by atoms with Crippen LogP contribution in [-0.4, -0.2) is 52.8 Å². The molecule has 26 heavy (non-hydrogen) atoms. The summed E-state index contributed by atoms with van der Waals surface area (Å²) in [7, 11) is 0. The maximum Gasteiger partial charge on any atom is 0.273 e. The molecule has 2 heterocycles. The van der Waals surface area contributed by atoms with Crippen LogP contribution in [0.15, 0.2) is 29.6 Å². The van der Waals surface area contributed by atoms with Crippen molar-refractivity contribution in [1.82, 2.24) is 14.8 Å². The number of nitrogens with zero attached hydrogens (tertiary/aromatic N) is 3. The fourth-order valence-electron chi connectivity index (χ4n) is 3.13. The van der Waals surface area contributed by atoms with Crippen LogP contribution in [0.4, 0.5) is 0 Å². The van der Waals surface area contributed by atoms with E-state index in [1.54, 1.807) is 10.3 Å². The van der Waals surface area contributed by atoms with Crippen LogP contribution >= 0.6 is 11.3 Å². The molecule has 1 aromatic carbocycles. The molecular weight excluding hydrogens is 346 g/mol. The van der Waals surface area contributed by atoms with Gasteiger partial charge in [0.1, 0.15) is 5.69 Å². The van der Waals surface area contributed by atoms with Crippen LogP contribution in [0.1, 0.15) is 40.0 Å². The summed E-state index contributed by atoms with van der Waals surface area (Å²) in [5, 5.41) is 2.70. The number of carbonyl (C=O) groups excluding carboxylic acids is 2. The minimum Gasteiger partial charge on any atom is -0.339 e. The Morgan fingerprint density at radius 3 is 2.23 bits per heavy atom. The van der Waals surface area contributed by atoms with Gasteiger partial charge in [0.15, 0.2) is 0 Å². The highest BCUT2D eigenvalue weighted by atomic mass is 32.1. The first-order valence-corrected chi connectivity index (χ1v) is 10.0. The average Bonchev–Trinajstić information content (AvgIpc) is 3.12. The Morgan fingerprint density at radius 2 is 1.65 bits per heavy atom. The number of carbonyl (C=O) groups is 2. The van der Waals surface area contributed by atoms with Gasteiger partial charge in [0, 0.05) is 38.0 Å². The maximum absolute atomic E-state index is 12.5. The van der Waals surface area contributed by atoms with E-state index in [9.17, 15) is 9.59 Å². The Balaban J connectivity index is 1.46. The van der Waals surface area contributed by atoms with E-state index in [1.807, 2.05) is 11.8 Å². The molecule has 0 saturated carbocycles. The van der Waals surface area contributed by atoms with Gasteiger partial charge in [-0.15, -0.1) is 11.3 Å². The normalized spacial score (nSPS) is 14.5. The second-order valence-electron chi connectivity index (χ2n) is 6.59. The molecule has 0 radical (unpaired) electrons.